The van der Waals surface area contributed by atoms with Gasteiger partial charge in [0.05, 0.1) is 21.5 Å². The third-order valence-electron chi connectivity index (χ3n) is 6.42. The van der Waals surface area contributed by atoms with Crippen LogP contribution in [-0.4, -0.2) is 35.8 Å². The fourth-order valence-electron chi connectivity index (χ4n) is 4.64. The molecule has 2 N–H and O–H groups in total. The van der Waals surface area contributed by atoms with Crippen LogP contribution in [0.2, 0.25) is 5.02 Å². The van der Waals surface area contributed by atoms with E-state index in [4.69, 9.17) is 16.2 Å². The minimum absolute atomic E-state index is 0.0666. The van der Waals surface area contributed by atoms with Crippen molar-refractivity contribution in [1.82, 2.24) is 15.1 Å². The third-order valence-corrected chi connectivity index (χ3v) is 7.61. The Kier molecular flexibility index (Phi) is 6.15. The Balaban J connectivity index is 0.000000189. The predicted octanol–water partition coefficient (Wildman–Crippen LogP) is 3.37. The molecule has 1 aromatic heterocycles. The molecule has 2 aliphatic rings. The topological polar surface area (TPSA) is 101 Å². The zero-order chi connectivity index (χ0) is 23.1. The second-order valence-electron chi connectivity index (χ2n) is 8.94. The van der Waals surface area contributed by atoms with Gasteiger partial charge in [0.1, 0.15) is 0 Å². The highest BCUT2D eigenvalue weighted by Gasteiger charge is 2.47. The van der Waals surface area contributed by atoms with E-state index in [-0.39, 0.29) is 10.5 Å². The van der Waals surface area contributed by atoms with E-state index in [2.05, 4.69) is 16.5 Å². The van der Waals surface area contributed by atoms with Crippen LogP contribution in [0.25, 0.3) is 10.8 Å². The molecule has 0 atom stereocenters. The number of benzene rings is 2. The highest BCUT2D eigenvalue weighted by molar-refractivity contribution is 7.85. The van der Waals surface area contributed by atoms with Crippen molar-refractivity contribution in [2.24, 2.45) is 18.4 Å². The molecule has 1 spiro atoms. The molecule has 1 aliphatic heterocycles. The van der Waals surface area contributed by atoms with Gasteiger partial charge in [0.2, 0.25) is 0 Å². The summed E-state index contributed by atoms with van der Waals surface area (Å²) < 4.78 is 30.9. The molecule has 9 heteroatoms. The maximum absolute atomic E-state index is 12.2. The molecule has 2 fully saturated rings. The van der Waals surface area contributed by atoms with E-state index in [1.807, 2.05) is 13.0 Å². The molecule has 170 valence electrons. The highest BCUT2D eigenvalue weighted by atomic mass is 35.5. The van der Waals surface area contributed by atoms with Gasteiger partial charge in [-0.15, -0.1) is 0 Å². The summed E-state index contributed by atoms with van der Waals surface area (Å²) in [4.78, 5) is 12.2. The second kappa shape index (κ2) is 8.59. The Morgan fingerprint density at radius 3 is 2.41 bits per heavy atom. The first-order valence-corrected chi connectivity index (χ1v) is 12.3. The number of hydrogen-bond acceptors (Lipinski definition) is 5. The van der Waals surface area contributed by atoms with Gasteiger partial charge in [0, 0.05) is 25.5 Å². The van der Waals surface area contributed by atoms with Gasteiger partial charge in [-0.3, -0.25) is 9.35 Å². The predicted molar refractivity (Wildman–Crippen MR) is 125 cm³/mol. The molecule has 0 radical (unpaired) electrons. The summed E-state index contributed by atoms with van der Waals surface area (Å²) in [5.74, 6) is 0.723. The number of hydrogen-bond donors (Lipinski definition) is 2. The molecule has 2 aromatic carbocycles. The zero-order valence-electron chi connectivity index (χ0n) is 18.0. The first-order chi connectivity index (χ1) is 15.1. The van der Waals surface area contributed by atoms with Gasteiger partial charge in [0.15, 0.2) is 0 Å². The van der Waals surface area contributed by atoms with E-state index in [1.54, 1.807) is 25.4 Å². The molecular formula is C23H26ClN3O4S. The van der Waals surface area contributed by atoms with E-state index in [1.165, 1.54) is 48.3 Å². The standard InChI is InChI=1S/C16H18ClN3O.C7H8O3S/c1-20-15(21)14-12(7-19-20)11(2-3-13(14)17)4-10-5-16(6-10)8-18-9-16;1-6-2-4-7(5-3-6)11(8,9)10/h2-3,7,10,18H,4-6,8-9H2,1H3;2-5H,1H3,(H,8,9,10). The van der Waals surface area contributed by atoms with Crippen molar-refractivity contribution in [3.63, 3.8) is 0 Å². The number of nitrogens with one attached hydrogen (secondary N) is 1. The third kappa shape index (κ3) is 4.59. The lowest BCUT2D eigenvalue weighted by atomic mass is 9.57. The van der Waals surface area contributed by atoms with Crippen LogP contribution in [0.3, 0.4) is 0 Å². The lowest BCUT2D eigenvalue weighted by Gasteiger charge is -2.54. The summed E-state index contributed by atoms with van der Waals surface area (Å²) >= 11 is 6.22. The summed E-state index contributed by atoms with van der Waals surface area (Å²) in [6.07, 6.45) is 5.38. The molecule has 0 bridgehead atoms. The number of fused-ring (bicyclic) bond motifs is 1. The summed E-state index contributed by atoms with van der Waals surface area (Å²) in [6, 6.07) is 9.89. The van der Waals surface area contributed by atoms with E-state index in [0.717, 1.165) is 23.3 Å². The molecule has 2 heterocycles. The average Bonchev–Trinajstić information content (AvgIpc) is 2.67. The van der Waals surface area contributed by atoms with Gasteiger partial charge < -0.3 is 5.32 Å². The molecule has 1 saturated heterocycles. The van der Waals surface area contributed by atoms with Gasteiger partial charge in [-0.2, -0.15) is 13.5 Å². The molecule has 0 amide bonds. The molecule has 7 nitrogen and oxygen atoms in total. The highest BCUT2D eigenvalue weighted by Crippen LogP contribution is 2.49. The summed E-state index contributed by atoms with van der Waals surface area (Å²) in [7, 11) is -2.36. The minimum atomic E-state index is -4.02. The normalized spacial score (nSPS) is 17.4. The van der Waals surface area contributed by atoms with Gasteiger partial charge in [-0.1, -0.05) is 35.4 Å². The molecule has 1 aliphatic carbocycles. The molecule has 0 unspecified atom stereocenters. The number of aromatic nitrogens is 2. The number of nitrogens with zero attached hydrogens (tertiary/aromatic N) is 2. The Hall–Kier alpha value is -2.26. The summed E-state index contributed by atoms with van der Waals surface area (Å²) in [5, 5.41) is 9.56. The van der Waals surface area contributed by atoms with E-state index < -0.39 is 10.1 Å². The van der Waals surface area contributed by atoms with Gasteiger partial charge in [0.25, 0.3) is 15.7 Å². The second-order valence-corrected chi connectivity index (χ2v) is 10.8. The van der Waals surface area contributed by atoms with Crippen molar-refractivity contribution in [1.29, 1.82) is 0 Å². The van der Waals surface area contributed by atoms with E-state index in [0.29, 0.717) is 15.8 Å². The van der Waals surface area contributed by atoms with Crippen molar-refractivity contribution < 1.29 is 13.0 Å². The fourth-order valence-corrected chi connectivity index (χ4v) is 5.36. The summed E-state index contributed by atoms with van der Waals surface area (Å²) in [6.45, 7) is 4.19. The number of halogens is 1. The van der Waals surface area contributed by atoms with Gasteiger partial charge in [-0.25, -0.2) is 4.68 Å². The quantitative estimate of drug-likeness (QED) is 0.563. The van der Waals surface area contributed by atoms with Crippen LogP contribution in [0.5, 0.6) is 0 Å². The van der Waals surface area contributed by atoms with Crippen molar-refractivity contribution >= 4 is 32.5 Å². The largest absolute Gasteiger partial charge is 0.316 e. The summed E-state index contributed by atoms with van der Waals surface area (Å²) in [5.41, 5.74) is 2.62. The minimum Gasteiger partial charge on any atom is -0.316 e. The first kappa shape index (κ1) is 22.9. The maximum Gasteiger partial charge on any atom is 0.294 e. The maximum atomic E-state index is 12.2. The van der Waals surface area contributed by atoms with Crippen LogP contribution < -0.4 is 10.9 Å². The number of rotatable bonds is 3. The molecule has 1 saturated carbocycles. The lowest BCUT2D eigenvalue weighted by molar-refractivity contribution is 0.00103. The average molecular weight is 476 g/mol. The Morgan fingerprint density at radius 1 is 1.19 bits per heavy atom. The Morgan fingerprint density at radius 2 is 1.84 bits per heavy atom. The number of aryl methyl sites for hydroxylation is 2. The van der Waals surface area contributed by atoms with Crippen molar-refractivity contribution in [3.05, 3.63) is 69.1 Å². The van der Waals surface area contributed by atoms with E-state index in [9.17, 15) is 13.2 Å². The zero-order valence-corrected chi connectivity index (χ0v) is 19.6. The van der Waals surface area contributed by atoms with Gasteiger partial charge in [-0.05, 0) is 61.3 Å². The van der Waals surface area contributed by atoms with Crippen LogP contribution in [0, 0.1) is 18.3 Å². The van der Waals surface area contributed by atoms with Crippen LogP contribution >= 0.6 is 11.6 Å². The smallest absolute Gasteiger partial charge is 0.294 e. The molecule has 32 heavy (non-hydrogen) atoms. The Labute approximate surface area is 192 Å². The van der Waals surface area contributed by atoms with Crippen LogP contribution in [0.15, 0.2) is 52.3 Å². The molecule has 5 rings (SSSR count). The lowest BCUT2D eigenvalue weighted by Crippen LogP contribution is -2.60. The monoisotopic (exact) mass is 475 g/mol. The molecular weight excluding hydrogens is 450 g/mol. The van der Waals surface area contributed by atoms with Crippen molar-refractivity contribution in [2.75, 3.05) is 13.1 Å². The van der Waals surface area contributed by atoms with Crippen LogP contribution in [0.1, 0.15) is 24.0 Å². The van der Waals surface area contributed by atoms with Crippen molar-refractivity contribution in [3.8, 4) is 0 Å². The van der Waals surface area contributed by atoms with Gasteiger partial charge >= 0.3 is 0 Å². The van der Waals surface area contributed by atoms with Crippen molar-refractivity contribution in [2.45, 2.75) is 31.1 Å². The van der Waals surface area contributed by atoms with Crippen LogP contribution in [-0.2, 0) is 23.6 Å². The van der Waals surface area contributed by atoms with E-state index >= 15 is 0 Å². The Bertz CT molecular complexity index is 1310. The SMILES string of the molecule is Cc1ccc(S(=O)(=O)O)cc1.Cn1ncc2c(CC3CC4(CNC4)C3)ccc(Cl)c2c1=O. The fraction of sp³-hybridized carbons (Fsp3) is 0.391. The van der Waals surface area contributed by atoms with Crippen LogP contribution in [0.4, 0.5) is 0 Å². The first-order valence-electron chi connectivity index (χ1n) is 10.5. The molecule has 3 aromatic rings.